The van der Waals surface area contributed by atoms with Gasteiger partial charge in [-0.3, -0.25) is 14.6 Å². The maximum Gasteiger partial charge on any atom is 0.258 e. The van der Waals surface area contributed by atoms with Gasteiger partial charge in [-0.25, -0.2) is 0 Å². The minimum Gasteiger partial charge on any atom is -0.339 e. The van der Waals surface area contributed by atoms with E-state index in [9.17, 15) is 14.9 Å². The van der Waals surface area contributed by atoms with Crippen LogP contribution in [0.25, 0.3) is 0 Å². The van der Waals surface area contributed by atoms with Gasteiger partial charge in [0.15, 0.2) is 0 Å². The van der Waals surface area contributed by atoms with Crippen LogP contribution in [0, 0.1) is 17.2 Å². The van der Waals surface area contributed by atoms with E-state index in [1.165, 1.54) is 0 Å². The molecule has 2 aliphatic rings. The summed E-state index contributed by atoms with van der Waals surface area (Å²) in [6.07, 6.45) is 4.20. The van der Waals surface area contributed by atoms with E-state index < -0.39 is 17.7 Å². The summed E-state index contributed by atoms with van der Waals surface area (Å²) >= 11 is 5.99. The quantitative estimate of drug-likeness (QED) is 0.805. The van der Waals surface area contributed by atoms with Crippen LogP contribution < -0.4 is 15.8 Å². The smallest absolute Gasteiger partial charge is 0.258 e. The first-order valence-corrected chi connectivity index (χ1v) is 10.3. The normalized spacial score (nSPS) is 23.8. The lowest BCUT2D eigenvalue weighted by molar-refractivity contribution is -0.119. The number of piperidine rings is 1. The standard InChI is InChI=1S/C21H22ClN5O2/c1-2-14-5-3-4-10-27(14)21-25-18-17(20(29)26-21)16(15(11-23)19(28)24-18)12-6-8-13(22)9-7-12/h6-9,14-16H,2-5,10H2,1H3,(H2,24,25,26,28,29). The third kappa shape index (κ3) is 3.49. The van der Waals surface area contributed by atoms with Crippen LogP contribution in [0.2, 0.25) is 5.02 Å². The Kier molecular flexibility index (Phi) is 5.29. The maximum atomic E-state index is 13.1. The number of amides is 1. The number of fused-ring (bicyclic) bond motifs is 1. The lowest BCUT2D eigenvalue weighted by Gasteiger charge is -2.36. The Morgan fingerprint density at radius 3 is 2.72 bits per heavy atom. The van der Waals surface area contributed by atoms with Gasteiger partial charge < -0.3 is 10.2 Å². The summed E-state index contributed by atoms with van der Waals surface area (Å²) in [7, 11) is 0. The van der Waals surface area contributed by atoms with Crippen molar-refractivity contribution in [3.8, 4) is 6.07 Å². The van der Waals surface area contributed by atoms with Crippen LogP contribution in [-0.2, 0) is 4.79 Å². The molecule has 1 fully saturated rings. The second-order valence-electron chi connectivity index (χ2n) is 7.53. The van der Waals surface area contributed by atoms with Crippen LogP contribution in [0.1, 0.15) is 49.7 Å². The van der Waals surface area contributed by atoms with E-state index in [0.29, 0.717) is 28.1 Å². The molecule has 0 saturated carbocycles. The van der Waals surface area contributed by atoms with Crippen molar-refractivity contribution in [2.45, 2.75) is 44.6 Å². The minimum absolute atomic E-state index is 0.237. The van der Waals surface area contributed by atoms with Crippen molar-refractivity contribution in [3.05, 3.63) is 50.8 Å². The van der Waals surface area contributed by atoms with Gasteiger partial charge in [0, 0.05) is 23.5 Å². The first-order valence-electron chi connectivity index (χ1n) is 9.90. The Bertz CT molecular complexity index is 1030. The van der Waals surface area contributed by atoms with Crippen LogP contribution in [0.3, 0.4) is 0 Å². The average molecular weight is 412 g/mol. The fraction of sp³-hybridized carbons (Fsp3) is 0.429. The van der Waals surface area contributed by atoms with Crippen molar-refractivity contribution < 1.29 is 4.79 Å². The molecule has 3 heterocycles. The molecule has 2 aliphatic heterocycles. The fourth-order valence-electron chi connectivity index (χ4n) is 4.37. The van der Waals surface area contributed by atoms with E-state index in [1.807, 2.05) is 6.07 Å². The number of H-pyrrole nitrogens is 1. The van der Waals surface area contributed by atoms with E-state index in [0.717, 1.165) is 32.2 Å². The zero-order valence-corrected chi connectivity index (χ0v) is 16.9. The number of rotatable bonds is 3. The number of aromatic amines is 1. The third-order valence-electron chi connectivity index (χ3n) is 5.85. The van der Waals surface area contributed by atoms with E-state index in [4.69, 9.17) is 11.6 Å². The Hall–Kier alpha value is -2.85. The number of nitrogens with zero attached hydrogens (tertiary/aromatic N) is 3. The predicted molar refractivity (Wildman–Crippen MR) is 111 cm³/mol. The lowest BCUT2D eigenvalue weighted by atomic mass is 9.79. The Labute approximate surface area is 173 Å². The highest BCUT2D eigenvalue weighted by Crippen LogP contribution is 2.38. The number of carbonyl (C=O) groups excluding carboxylic acids is 1. The van der Waals surface area contributed by atoms with Crippen LogP contribution in [-0.4, -0.2) is 28.5 Å². The monoisotopic (exact) mass is 411 g/mol. The highest BCUT2D eigenvalue weighted by atomic mass is 35.5. The summed E-state index contributed by atoms with van der Waals surface area (Å²) in [5.74, 6) is -1.45. The molecule has 7 nitrogen and oxygen atoms in total. The predicted octanol–water partition coefficient (Wildman–Crippen LogP) is 3.42. The summed E-state index contributed by atoms with van der Waals surface area (Å²) < 4.78 is 0. The summed E-state index contributed by atoms with van der Waals surface area (Å²) in [5, 5.41) is 12.8. The highest BCUT2D eigenvalue weighted by Gasteiger charge is 2.40. The number of benzene rings is 1. The first-order chi connectivity index (χ1) is 14.0. The van der Waals surface area contributed by atoms with Crippen molar-refractivity contribution in [2.24, 2.45) is 5.92 Å². The van der Waals surface area contributed by atoms with E-state index in [1.54, 1.807) is 24.3 Å². The molecule has 150 valence electrons. The molecule has 2 aromatic rings. The van der Waals surface area contributed by atoms with E-state index >= 15 is 0 Å². The van der Waals surface area contributed by atoms with Crippen LogP contribution >= 0.6 is 11.6 Å². The number of halogens is 1. The van der Waals surface area contributed by atoms with E-state index in [-0.39, 0.29) is 11.4 Å². The molecule has 2 N–H and O–H groups in total. The molecule has 4 rings (SSSR count). The molecule has 0 bridgehead atoms. The van der Waals surface area contributed by atoms with Crippen molar-refractivity contribution >= 4 is 29.3 Å². The molecule has 1 saturated heterocycles. The van der Waals surface area contributed by atoms with Gasteiger partial charge in [0.2, 0.25) is 11.9 Å². The van der Waals surface area contributed by atoms with Gasteiger partial charge in [0.25, 0.3) is 5.56 Å². The van der Waals surface area contributed by atoms with Crippen LogP contribution in [0.15, 0.2) is 29.1 Å². The summed E-state index contributed by atoms with van der Waals surface area (Å²) in [4.78, 5) is 35.4. The second-order valence-corrected chi connectivity index (χ2v) is 7.96. The van der Waals surface area contributed by atoms with Gasteiger partial charge in [-0.15, -0.1) is 0 Å². The minimum atomic E-state index is -1.02. The molecule has 3 unspecified atom stereocenters. The SMILES string of the molecule is CCC1CCCCN1c1nc2c(c(=O)[nH]1)C(c1ccc(Cl)cc1)C(C#N)C(=O)N2. The second kappa shape index (κ2) is 7.88. The zero-order valence-electron chi connectivity index (χ0n) is 16.1. The molecule has 1 aromatic carbocycles. The summed E-state index contributed by atoms with van der Waals surface area (Å²) in [6.45, 7) is 2.94. The van der Waals surface area contributed by atoms with Gasteiger partial charge >= 0.3 is 0 Å². The zero-order chi connectivity index (χ0) is 20.5. The number of aromatic nitrogens is 2. The van der Waals surface area contributed by atoms with Gasteiger partial charge in [0.05, 0.1) is 11.6 Å². The number of hydrogen-bond donors (Lipinski definition) is 2. The molecule has 0 spiro atoms. The third-order valence-corrected chi connectivity index (χ3v) is 6.10. The van der Waals surface area contributed by atoms with Gasteiger partial charge in [0.1, 0.15) is 11.7 Å². The van der Waals surface area contributed by atoms with Crippen molar-refractivity contribution in [2.75, 3.05) is 16.8 Å². The first kappa shape index (κ1) is 19.5. The molecular weight excluding hydrogens is 390 g/mol. The molecule has 8 heteroatoms. The van der Waals surface area contributed by atoms with Crippen molar-refractivity contribution in [1.29, 1.82) is 5.26 Å². The van der Waals surface area contributed by atoms with E-state index in [2.05, 4.69) is 27.1 Å². The number of carbonyl (C=O) groups is 1. The highest BCUT2D eigenvalue weighted by molar-refractivity contribution is 6.30. The summed E-state index contributed by atoms with van der Waals surface area (Å²) in [5.41, 5.74) is 0.666. The van der Waals surface area contributed by atoms with Crippen LogP contribution in [0.5, 0.6) is 0 Å². The van der Waals surface area contributed by atoms with Crippen LogP contribution in [0.4, 0.5) is 11.8 Å². The van der Waals surface area contributed by atoms with Gasteiger partial charge in [-0.1, -0.05) is 30.7 Å². The number of nitriles is 1. The number of hydrogen-bond acceptors (Lipinski definition) is 5. The van der Waals surface area contributed by atoms with Gasteiger partial charge in [-0.2, -0.15) is 10.2 Å². The van der Waals surface area contributed by atoms with Crippen molar-refractivity contribution in [3.63, 3.8) is 0 Å². The molecule has 0 aliphatic carbocycles. The molecular formula is C21H22ClN5O2. The fourth-order valence-corrected chi connectivity index (χ4v) is 4.50. The van der Waals surface area contributed by atoms with Gasteiger partial charge in [-0.05, 0) is 43.4 Å². The molecule has 0 radical (unpaired) electrons. The lowest BCUT2D eigenvalue weighted by Crippen LogP contribution is -2.43. The Morgan fingerprint density at radius 2 is 2.03 bits per heavy atom. The Balaban J connectivity index is 1.83. The molecule has 1 aromatic heterocycles. The summed E-state index contributed by atoms with van der Waals surface area (Å²) in [6, 6.07) is 9.21. The average Bonchev–Trinajstić information content (AvgIpc) is 2.73. The largest absolute Gasteiger partial charge is 0.339 e. The number of anilines is 2. The molecule has 29 heavy (non-hydrogen) atoms. The molecule has 1 amide bonds. The Morgan fingerprint density at radius 1 is 1.28 bits per heavy atom. The number of nitrogens with one attached hydrogen (secondary N) is 2. The molecule has 3 atom stereocenters. The maximum absolute atomic E-state index is 13.1. The van der Waals surface area contributed by atoms with Crippen molar-refractivity contribution in [1.82, 2.24) is 9.97 Å². The topological polar surface area (TPSA) is 102 Å².